The van der Waals surface area contributed by atoms with Gasteiger partial charge >= 0.3 is 0 Å². The Balaban J connectivity index is 1.54. The van der Waals surface area contributed by atoms with Crippen molar-refractivity contribution in [1.82, 2.24) is 9.97 Å². The molecule has 0 radical (unpaired) electrons. The Bertz CT molecular complexity index is 958. The molecule has 4 aromatic rings. The lowest BCUT2D eigenvalue weighted by molar-refractivity contribution is 0.103. The van der Waals surface area contributed by atoms with Gasteiger partial charge in [0.15, 0.2) is 10.9 Å². The summed E-state index contributed by atoms with van der Waals surface area (Å²) in [6.07, 6.45) is 0. The topological polar surface area (TPSA) is 45.8 Å². The van der Waals surface area contributed by atoms with Crippen molar-refractivity contribution >= 4 is 28.6 Å². The summed E-state index contributed by atoms with van der Waals surface area (Å²) < 4.78 is 0. The molecule has 24 heavy (non-hydrogen) atoms. The molecule has 3 aromatic carbocycles. The van der Waals surface area contributed by atoms with Crippen LogP contribution >= 0.6 is 11.8 Å². The Morgan fingerprint density at radius 1 is 0.792 bits per heavy atom. The van der Waals surface area contributed by atoms with Crippen molar-refractivity contribution in [3.63, 3.8) is 0 Å². The fourth-order valence-electron chi connectivity index (χ4n) is 2.52. The fourth-order valence-corrected chi connectivity index (χ4v) is 3.32. The zero-order chi connectivity index (χ0) is 16.4. The average Bonchev–Trinajstić information content (AvgIpc) is 3.05. The highest BCUT2D eigenvalue weighted by Gasteiger charge is 2.09. The highest BCUT2D eigenvalue weighted by atomic mass is 32.2. The van der Waals surface area contributed by atoms with Crippen LogP contribution in [-0.4, -0.2) is 15.8 Å². The van der Waals surface area contributed by atoms with Crippen LogP contribution in [0.2, 0.25) is 0 Å². The first kappa shape index (κ1) is 14.7. The second kappa shape index (κ2) is 6.34. The predicted molar refractivity (Wildman–Crippen MR) is 96.5 cm³/mol. The molecule has 0 saturated heterocycles. The summed E-state index contributed by atoms with van der Waals surface area (Å²) in [4.78, 5) is 21.3. The molecule has 3 nitrogen and oxygen atoms in total. The van der Waals surface area contributed by atoms with E-state index < -0.39 is 0 Å². The molecule has 1 aromatic heterocycles. The van der Waals surface area contributed by atoms with Gasteiger partial charge in [0.05, 0.1) is 11.0 Å². The summed E-state index contributed by atoms with van der Waals surface area (Å²) in [5.41, 5.74) is 3.37. The Hall–Kier alpha value is -2.85. The minimum Gasteiger partial charge on any atom is -0.333 e. The Kier molecular flexibility index (Phi) is 3.89. The third-order valence-electron chi connectivity index (χ3n) is 3.73. The number of aromatic nitrogens is 2. The molecule has 0 bridgehead atoms. The molecule has 116 valence electrons. The van der Waals surface area contributed by atoms with Crippen LogP contribution in [0.4, 0.5) is 0 Å². The molecule has 0 fully saturated rings. The second-order valence-electron chi connectivity index (χ2n) is 5.38. The van der Waals surface area contributed by atoms with Crippen LogP contribution < -0.4 is 0 Å². The van der Waals surface area contributed by atoms with Gasteiger partial charge in [-0.05, 0) is 36.4 Å². The van der Waals surface area contributed by atoms with Gasteiger partial charge in [0.2, 0.25) is 0 Å². The van der Waals surface area contributed by atoms with Crippen LogP contribution in [0.15, 0.2) is 88.9 Å². The van der Waals surface area contributed by atoms with Gasteiger partial charge in [-0.2, -0.15) is 0 Å². The third kappa shape index (κ3) is 2.96. The first-order valence-electron chi connectivity index (χ1n) is 7.62. The summed E-state index contributed by atoms with van der Waals surface area (Å²) >= 11 is 1.55. The molecular formula is C20H14N2OS. The number of para-hydroxylation sites is 2. The number of fused-ring (bicyclic) bond motifs is 1. The highest BCUT2D eigenvalue weighted by molar-refractivity contribution is 7.99. The molecule has 0 aliphatic heterocycles. The predicted octanol–water partition coefficient (Wildman–Crippen LogP) is 4.95. The molecule has 0 atom stereocenters. The first-order chi connectivity index (χ1) is 11.8. The minimum absolute atomic E-state index is 0.0379. The Morgan fingerprint density at radius 3 is 2.21 bits per heavy atom. The van der Waals surface area contributed by atoms with E-state index in [1.807, 2.05) is 78.9 Å². The SMILES string of the molecule is O=C(c1ccccc1)c1ccc(Sc2nc3ccccc3[nH]2)cc1. The van der Waals surface area contributed by atoms with E-state index >= 15 is 0 Å². The van der Waals surface area contributed by atoms with Crippen molar-refractivity contribution in [1.29, 1.82) is 0 Å². The summed E-state index contributed by atoms with van der Waals surface area (Å²) in [5.74, 6) is 0.0379. The molecule has 0 saturated carbocycles. The van der Waals surface area contributed by atoms with Crippen molar-refractivity contribution in [2.75, 3.05) is 0 Å². The Labute approximate surface area is 143 Å². The zero-order valence-corrected chi connectivity index (χ0v) is 13.6. The van der Waals surface area contributed by atoms with Gasteiger partial charge in [-0.25, -0.2) is 4.98 Å². The van der Waals surface area contributed by atoms with Crippen LogP contribution in [0.25, 0.3) is 11.0 Å². The largest absolute Gasteiger partial charge is 0.333 e. The van der Waals surface area contributed by atoms with Gasteiger partial charge in [0.1, 0.15) is 0 Å². The molecule has 0 unspecified atom stereocenters. The number of nitrogens with one attached hydrogen (secondary N) is 1. The maximum Gasteiger partial charge on any atom is 0.193 e. The number of ketones is 1. The molecule has 4 rings (SSSR count). The van der Waals surface area contributed by atoms with E-state index in [0.717, 1.165) is 21.1 Å². The summed E-state index contributed by atoms with van der Waals surface area (Å²) in [6, 6.07) is 24.9. The molecule has 0 aliphatic rings. The summed E-state index contributed by atoms with van der Waals surface area (Å²) in [7, 11) is 0. The number of hydrogen-bond acceptors (Lipinski definition) is 3. The van der Waals surface area contributed by atoms with E-state index in [0.29, 0.717) is 11.1 Å². The van der Waals surface area contributed by atoms with Gasteiger partial charge in [0.25, 0.3) is 0 Å². The Morgan fingerprint density at radius 2 is 1.46 bits per heavy atom. The standard InChI is InChI=1S/C20H14N2OS/c23-19(14-6-2-1-3-7-14)15-10-12-16(13-11-15)24-20-21-17-8-4-5-9-18(17)22-20/h1-13H,(H,21,22). The monoisotopic (exact) mass is 330 g/mol. The van der Waals surface area contributed by atoms with E-state index in [1.165, 1.54) is 0 Å². The normalized spacial score (nSPS) is 10.8. The van der Waals surface area contributed by atoms with E-state index in [-0.39, 0.29) is 5.78 Å². The molecule has 1 N–H and O–H groups in total. The number of hydrogen-bond donors (Lipinski definition) is 1. The maximum atomic E-state index is 12.4. The van der Waals surface area contributed by atoms with Gasteiger partial charge in [0, 0.05) is 16.0 Å². The summed E-state index contributed by atoms with van der Waals surface area (Å²) in [6.45, 7) is 0. The number of carbonyl (C=O) groups excluding carboxylic acids is 1. The number of rotatable bonds is 4. The van der Waals surface area contributed by atoms with Crippen LogP contribution in [0.3, 0.4) is 0 Å². The lowest BCUT2D eigenvalue weighted by Gasteiger charge is -2.02. The molecule has 0 amide bonds. The fraction of sp³-hybridized carbons (Fsp3) is 0. The first-order valence-corrected chi connectivity index (χ1v) is 8.44. The number of carbonyl (C=O) groups is 1. The number of H-pyrrole nitrogens is 1. The maximum absolute atomic E-state index is 12.4. The van der Waals surface area contributed by atoms with Crippen molar-refractivity contribution in [2.45, 2.75) is 10.1 Å². The van der Waals surface area contributed by atoms with E-state index in [2.05, 4.69) is 9.97 Å². The third-order valence-corrected chi connectivity index (χ3v) is 4.63. The highest BCUT2D eigenvalue weighted by Crippen LogP contribution is 2.27. The van der Waals surface area contributed by atoms with Gasteiger partial charge in [-0.1, -0.05) is 54.2 Å². The van der Waals surface area contributed by atoms with Gasteiger partial charge in [-0.15, -0.1) is 0 Å². The van der Waals surface area contributed by atoms with Crippen molar-refractivity contribution < 1.29 is 4.79 Å². The van der Waals surface area contributed by atoms with Crippen molar-refractivity contribution in [3.8, 4) is 0 Å². The van der Waals surface area contributed by atoms with E-state index in [4.69, 9.17) is 0 Å². The van der Waals surface area contributed by atoms with E-state index in [1.54, 1.807) is 11.8 Å². The van der Waals surface area contributed by atoms with Crippen LogP contribution in [0.5, 0.6) is 0 Å². The molecular weight excluding hydrogens is 316 g/mol. The van der Waals surface area contributed by atoms with Gasteiger partial charge in [-0.3, -0.25) is 4.79 Å². The lowest BCUT2D eigenvalue weighted by atomic mass is 10.0. The number of imidazole rings is 1. The average molecular weight is 330 g/mol. The number of aromatic amines is 1. The lowest BCUT2D eigenvalue weighted by Crippen LogP contribution is -2.00. The molecule has 4 heteroatoms. The minimum atomic E-state index is 0.0379. The second-order valence-corrected chi connectivity index (χ2v) is 6.44. The molecule has 0 aliphatic carbocycles. The summed E-state index contributed by atoms with van der Waals surface area (Å²) in [5, 5.41) is 0.846. The zero-order valence-electron chi connectivity index (χ0n) is 12.8. The molecule has 0 spiro atoms. The van der Waals surface area contributed by atoms with Crippen LogP contribution in [0, 0.1) is 0 Å². The van der Waals surface area contributed by atoms with Crippen LogP contribution in [-0.2, 0) is 0 Å². The van der Waals surface area contributed by atoms with Crippen molar-refractivity contribution in [2.24, 2.45) is 0 Å². The quantitative estimate of drug-likeness (QED) is 0.539. The number of nitrogens with zero attached hydrogens (tertiary/aromatic N) is 1. The number of benzene rings is 3. The van der Waals surface area contributed by atoms with Gasteiger partial charge < -0.3 is 4.98 Å². The van der Waals surface area contributed by atoms with Crippen LogP contribution in [0.1, 0.15) is 15.9 Å². The smallest absolute Gasteiger partial charge is 0.193 e. The molecule has 1 heterocycles. The van der Waals surface area contributed by atoms with E-state index in [9.17, 15) is 4.79 Å². The van der Waals surface area contributed by atoms with Crippen molar-refractivity contribution in [3.05, 3.63) is 90.0 Å².